The Morgan fingerprint density at radius 1 is 1.22 bits per heavy atom. The van der Waals surface area contributed by atoms with E-state index >= 15 is 0 Å². The Labute approximate surface area is 133 Å². The van der Waals surface area contributed by atoms with Crippen LogP contribution < -0.4 is 15.4 Å². The van der Waals surface area contributed by atoms with E-state index in [0.717, 1.165) is 12.0 Å². The summed E-state index contributed by atoms with van der Waals surface area (Å²) in [6.07, 6.45) is 3.35. The van der Waals surface area contributed by atoms with Crippen molar-refractivity contribution < 1.29 is 14.3 Å². The van der Waals surface area contributed by atoms with Crippen LogP contribution in [-0.2, 0) is 16.0 Å². The molecule has 118 valence electrons. The Balaban J connectivity index is 1.49. The van der Waals surface area contributed by atoms with Gasteiger partial charge in [0.25, 0.3) is 5.91 Å². The van der Waals surface area contributed by atoms with E-state index < -0.39 is 6.10 Å². The van der Waals surface area contributed by atoms with Gasteiger partial charge in [-0.3, -0.25) is 14.6 Å². The van der Waals surface area contributed by atoms with Gasteiger partial charge in [0.2, 0.25) is 5.91 Å². The third-order valence-electron chi connectivity index (χ3n) is 3.56. The molecule has 3 rings (SSSR count). The molecule has 0 spiro atoms. The fourth-order valence-electron chi connectivity index (χ4n) is 2.36. The van der Waals surface area contributed by atoms with Crippen molar-refractivity contribution in [3.05, 3.63) is 54.4 Å². The number of anilines is 1. The molecule has 1 aliphatic heterocycles. The van der Waals surface area contributed by atoms with Crippen LogP contribution in [0.1, 0.15) is 12.0 Å². The normalized spacial score (nSPS) is 16.0. The van der Waals surface area contributed by atoms with Crippen LogP contribution in [0.5, 0.6) is 5.75 Å². The highest BCUT2D eigenvalue weighted by Gasteiger charge is 2.29. The van der Waals surface area contributed by atoms with E-state index in [-0.39, 0.29) is 18.2 Å². The van der Waals surface area contributed by atoms with Crippen LogP contribution in [0.2, 0.25) is 0 Å². The fraction of sp³-hybridized carbons (Fsp3) is 0.235. The minimum absolute atomic E-state index is 0.00346. The lowest BCUT2D eigenvalue weighted by Gasteiger charge is -2.25. The number of nitrogens with one attached hydrogen (secondary N) is 2. The smallest absolute Gasteiger partial charge is 0.266 e. The zero-order valence-corrected chi connectivity index (χ0v) is 12.5. The molecule has 2 amide bonds. The van der Waals surface area contributed by atoms with Crippen LogP contribution in [0.15, 0.2) is 48.8 Å². The molecule has 0 fully saturated rings. The number of amides is 2. The maximum Gasteiger partial charge on any atom is 0.266 e. The lowest BCUT2D eigenvalue weighted by Crippen LogP contribution is -2.41. The lowest BCUT2D eigenvalue weighted by atomic mass is 10.1. The molecule has 0 saturated heterocycles. The van der Waals surface area contributed by atoms with Crippen molar-refractivity contribution in [3.63, 3.8) is 0 Å². The molecule has 6 nitrogen and oxygen atoms in total. The Morgan fingerprint density at radius 2 is 2.00 bits per heavy atom. The number of ether oxygens (including phenoxy) is 1. The first kappa shape index (κ1) is 15.0. The molecule has 2 heterocycles. The predicted octanol–water partition coefficient (Wildman–Crippen LogP) is 1.53. The second-order valence-corrected chi connectivity index (χ2v) is 5.25. The largest absolute Gasteiger partial charge is 0.478 e. The Kier molecular flexibility index (Phi) is 4.52. The van der Waals surface area contributed by atoms with Crippen molar-refractivity contribution in [1.82, 2.24) is 10.3 Å². The zero-order valence-electron chi connectivity index (χ0n) is 12.5. The summed E-state index contributed by atoms with van der Waals surface area (Å²) >= 11 is 0. The summed E-state index contributed by atoms with van der Waals surface area (Å²) in [6, 6.07) is 11.0. The summed E-state index contributed by atoms with van der Waals surface area (Å²) in [5, 5.41) is 5.55. The van der Waals surface area contributed by atoms with Gasteiger partial charge in [-0.05, 0) is 36.2 Å². The number of aromatic nitrogens is 1. The molecule has 0 radical (unpaired) electrons. The van der Waals surface area contributed by atoms with Gasteiger partial charge in [-0.1, -0.05) is 12.1 Å². The van der Waals surface area contributed by atoms with Crippen LogP contribution in [0.25, 0.3) is 0 Å². The van der Waals surface area contributed by atoms with E-state index in [0.29, 0.717) is 18.0 Å². The standard InChI is InChI=1S/C17H17N3O3/c21-16(19-10-7-12-5-8-18-9-6-12)11-15-17(22)20-13-3-1-2-4-14(13)23-15/h1-6,8-9,15H,7,10-11H2,(H,19,21)(H,20,22)/t15-/m0/s1. The zero-order chi connectivity index (χ0) is 16.1. The van der Waals surface area contributed by atoms with Gasteiger partial charge in [0.15, 0.2) is 6.10 Å². The number of hydrogen-bond acceptors (Lipinski definition) is 4. The van der Waals surface area contributed by atoms with Crippen LogP contribution in [0.4, 0.5) is 5.69 Å². The molecule has 0 saturated carbocycles. The second-order valence-electron chi connectivity index (χ2n) is 5.25. The molecule has 1 aromatic carbocycles. The van der Waals surface area contributed by atoms with Crippen LogP contribution in [-0.4, -0.2) is 29.4 Å². The molecule has 0 bridgehead atoms. The predicted molar refractivity (Wildman–Crippen MR) is 85.1 cm³/mol. The summed E-state index contributed by atoms with van der Waals surface area (Å²) < 4.78 is 5.60. The van der Waals surface area contributed by atoms with Crippen molar-refractivity contribution in [3.8, 4) is 5.75 Å². The number of carbonyl (C=O) groups is 2. The van der Waals surface area contributed by atoms with E-state index in [9.17, 15) is 9.59 Å². The average Bonchev–Trinajstić information content (AvgIpc) is 2.56. The quantitative estimate of drug-likeness (QED) is 0.877. The molecular formula is C17H17N3O3. The number of pyridine rings is 1. The summed E-state index contributed by atoms with van der Waals surface area (Å²) in [4.78, 5) is 27.9. The number of carbonyl (C=O) groups excluding carboxylic acids is 2. The van der Waals surface area contributed by atoms with E-state index in [2.05, 4.69) is 15.6 Å². The first-order chi connectivity index (χ1) is 11.2. The summed E-state index contributed by atoms with van der Waals surface area (Å²) in [5.74, 6) is 0.0771. The topological polar surface area (TPSA) is 80.3 Å². The maximum atomic E-state index is 12.0. The van der Waals surface area contributed by atoms with Crippen molar-refractivity contribution in [2.24, 2.45) is 0 Å². The highest BCUT2D eigenvalue weighted by Crippen LogP contribution is 2.29. The fourth-order valence-corrected chi connectivity index (χ4v) is 2.36. The van der Waals surface area contributed by atoms with E-state index in [1.165, 1.54) is 0 Å². The van der Waals surface area contributed by atoms with E-state index in [1.807, 2.05) is 24.3 Å². The Morgan fingerprint density at radius 3 is 2.83 bits per heavy atom. The van der Waals surface area contributed by atoms with Gasteiger partial charge in [-0.15, -0.1) is 0 Å². The minimum Gasteiger partial charge on any atom is -0.478 e. The SMILES string of the molecule is O=C(C[C@@H]1Oc2ccccc2NC1=O)NCCc1ccncc1. The van der Waals surface area contributed by atoms with Crippen LogP contribution >= 0.6 is 0 Å². The first-order valence-electron chi connectivity index (χ1n) is 7.44. The number of hydrogen-bond donors (Lipinski definition) is 2. The number of fused-ring (bicyclic) bond motifs is 1. The van der Waals surface area contributed by atoms with Crippen LogP contribution in [0.3, 0.4) is 0 Å². The Bertz CT molecular complexity index is 703. The first-order valence-corrected chi connectivity index (χ1v) is 7.44. The highest BCUT2D eigenvalue weighted by molar-refractivity contribution is 5.99. The van der Waals surface area contributed by atoms with Gasteiger partial charge in [-0.25, -0.2) is 0 Å². The molecule has 23 heavy (non-hydrogen) atoms. The van der Waals surface area contributed by atoms with Crippen LogP contribution in [0, 0.1) is 0 Å². The van der Waals surface area contributed by atoms with Crippen molar-refractivity contribution in [2.75, 3.05) is 11.9 Å². The number of nitrogens with zero attached hydrogens (tertiary/aromatic N) is 1. The second kappa shape index (κ2) is 6.91. The van der Waals surface area contributed by atoms with Gasteiger partial charge in [0.1, 0.15) is 5.75 Å². The van der Waals surface area contributed by atoms with Gasteiger partial charge in [0.05, 0.1) is 12.1 Å². The lowest BCUT2D eigenvalue weighted by molar-refractivity contribution is -0.130. The van der Waals surface area contributed by atoms with Gasteiger partial charge in [-0.2, -0.15) is 0 Å². The molecule has 1 aliphatic rings. The molecule has 6 heteroatoms. The number of para-hydroxylation sites is 2. The molecule has 0 aliphatic carbocycles. The van der Waals surface area contributed by atoms with Gasteiger partial charge < -0.3 is 15.4 Å². The maximum absolute atomic E-state index is 12.0. The monoisotopic (exact) mass is 311 g/mol. The molecule has 2 N–H and O–H groups in total. The third kappa shape index (κ3) is 3.85. The average molecular weight is 311 g/mol. The Hall–Kier alpha value is -2.89. The molecule has 0 unspecified atom stereocenters. The van der Waals surface area contributed by atoms with E-state index in [4.69, 9.17) is 4.74 Å². The van der Waals surface area contributed by atoms with E-state index in [1.54, 1.807) is 24.5 Å². The third-order valence-corrected chi connectivity index (χ3v) is 3.56. The van der Waals surface area contributed by atoms with Crippen molar-refractivity contribution in [1.29, 1.82) is 0 Å². The molecule has 2 aromatic rings. The van der Waals surface area contributed by atoms with Gasteiger partial charge in [0, 0.05) is 18.9 Å². The highest BCUT2D eigenvalue weighted by atomic mass is 16.5. The summed E-state index contributed by atoms with van der Waals surface area (Å²) in [5.41, 5.74) is 1.73. The van der Waals surface area contributed by atoms with Crippen molar-refractivity contribution >= 4 is 17.5 Å². The number of rotatable bonds is 5. The number of benzene rings is 1. The van der Waals surface area contributed by atoms with Gasteiger partial charge >= 0.3 is 0 Å². The minimum atomic E-state index is -0.800. The molecule has 1 aromatic heterocycles. The molecule has 1 atom stereocenters. The summed E-state index contributed by atoms with van der Waals surface area (Å²) in [7, 11) is 0. The molecular weight excluding hydrogens is 294 g/mol. The van der Waals surface area contributed by atoms with Crippen molar-refractivity contribution in [2.45, 2.75) is 18.9 Å². The summed E-state index contributed by atoms with van der Waals surface area (Å²) in [6.45, 7) is 0.508.